The first-order chi connectivity index (χ1) is 10.1. The Morgan fingerprint density at radius 1 is 1.14 bits per heavy atom. The fourth-order valence-electron chi connectivity index (χ4n) is 1.77. The first-order valence-electron chi connectivity index (χ1n) is 6.73. The predicted octanol–water partition coefficient (Wildman–Crippen LogP) is 2.99. The first kappa shape index (κ1) is 14.7. The summed E-state index contributed by atoms with van der Waals surface area (Å²) in [6.07, 6.45) is 1.95. The molecular formula is C16H17N3O2. The second-order valence-corrected chi connectivity index (χ2v) is 4.61. The summed E-state index contributed by atoms with van der Waals surface area (Å²) in [5.41, 5.74) is 2.06. The second-order valence-electron chi connectivity index (χ2n) is 4.61. The van der Waals surface area contributed by atoms with Crippen molar-refractivity contribution in [3.8, 4) is 0 Å². The number of carbonyl (C=O) groups is 2. The fraction of sp³-hybridized carbons (Fsp3) is 0.188. The van der Waals surface area contributed by atoms with Gasteiger partial charge < -0.3 is 10.6 Å². The molecule has 0 saturated heterocycles. The zero-order chi connectivity index (χ0) is 15.2. The number of hydrogen-bond donors (Lipinski definition) is 2. The van der Waals surface area contributed by atoms with E-state index >= 15 is 0 Å². The molecule has 0 aliphatic carbocycles. The maximum Gasteiger partial charge on any atom is 0.256 e. The number of nitrogens with zero attached hydrogens (tertiary/aromatic N) is 1. The Morgan fingerprint density at radius 3 is 2.48 bits per heavy atom. The van der Waals surface area contributed by atoms with Gasteiger partial charge in [-0.1, -0.05) is 25.1 Å². The average Bonchev–Trinajstić information content (AvgIpc) is 2.50. The molecule has 1 aromatic carbocycles. The number of anilines is 2. The maximum absolute atomic E-state index is 12.0. The summed E-state index contributed by atoms with van der Waals surface area (Å²) in [6.45, 7) is 3.64. The minimum absolute atomic E-state index is 0.0685. The van der Waals surface area contributed by atoms with Crippen LogP contribution in [0.15, 0.2) is 42.6 Å². The van der Waals surface area contributed by atoms with E-state index in [0.717, 1.165) is 5.56 Å². The highest BCUT2D eigenvalue weighted by atomic mass is 16.2. The molecular weight excluding hydrogens is 266 g/mol. The van der Waals surface area contributed by atoms with Gasteiger partial charge in [0.05, 0.1) is 11.9 Å². The molecule has 0 radical (unpaired) electrons. The van der Waals surface area contributed by atoms with Gasteiger partial charge in [0.25, 0.3) is 5.91 Å². The lowest BCUT2D eigenvalue weighted by Gasteiger charge is -2.09. The van der Waals surface area contributed by atoms with Gasteiger partial charge in [-0.05, 0) is 30.7 Å². The number of rotatable bonds is 4. The number of amides is 2. The second kappa shape index (κ2) is 6.65. The predicted molar refractivity (Wildman–Crippen MR) is 82.3 cm³/mol. The van der Waals surface area contributed by atoms with E-state index in [4.69, 9.17) is 0 Å². The summed E-state index contributed by atoms with van der Waals surface area (Å²) in [7, 11) is 0. The molecule has 0 bridgehead atoms. The van der Waals surface area contributed by atoms with E-state index in [1.165, 1.54) is 0 Å². The summed E-state index contributed by atoms with van der Waals surface area (Å²) < 4.78 is 0. The van der Waals surface area contributed by atoms with E-state index in [1.807, 2.05) is 13.0 Å². The molecule has 0 aliphatic heterocycles. The standard InChI is InChI=1S/C16H17N3O2/c1-3-15(20)18-13-10-17-14(9-11(13)2)19-16(21)12-7-5-4-6-8-12/h4-10H,3H2,1-2H3,(H,18,20)(H,17,19,21). The Morgan fingerprint density at radius 2 is 1.86 bits per heavy atom. The third-order valence-corrected chi connectivity index (χ3v) is 2.98. The maximum atomic E-state index is 12.0. The minimum atomic E-state index is -0.215. The first-order valence-corrected chi connectivity index (χ1v) is 6.73. The molecule has 1 heterocycles. The Balaban J connectivity index is 2.10. The van der Waals surface area contributed by atoms with Crippen molar-refractivity contribution in [2.75, 3.05) is 10.6 Å². The summed E-state index contributed by atoms with van der Waals surface area (Å²) in [4.78, 5) is 27.5. The van der Waals surface area contributed by atoms with Crippen molar-refractivity contribution in [1.82, 2.24) is 4.98 Å². The molecule has 2 amide bonds. The fourth-order valence-corrected chi connectivity index (χ4v) is 1.77. The van der Waals surface area contributed by atoms with Crippen LogP contribution >= 0.6 is 0 Å². The van der Waals surface area contributed by atoms with Crippen LogP contribution in [0.25, 0.3) is 0 Å². The highest BCUT2D eigenvalue weighted by Gasteiger charge is 2.08. The number of nitrogens with one attached hydrogen (secondary N) is 2. The number of aryl methyl sites for hydroxylation is 1. The van der Waals surface area contributed by atoms with Gasteiger partial charge in [-0.3, -0.25) is 9.59 Å². The van der Waals surface area contributed by atoms with Crippen LogP contribution < -0.4 is 10.6 Å². The Bertz CT molecular complexity index is 654. The van der Waals surface area contributed by atoms with Crippen LogP contribution in [-0.2, 0) is 4.79 Å². The van der Waals surface area contributed by atoms with Crippen molar-refractivity contribution in [2.45, 2.75) is 20.3 Å². The molecule has 0 atom stereocenters. The zero-order valence-electron chi connectivity index (χ0n) is 12.0. The number of carbonyl (C=O) groups excluding carboxylic acids is 2. The minimum Gasteiger partial charge on any atom is -0.325 e. The SMILES string of the molecule is CCC(=O)Nc1cnc(NC(=O)c2ccccc2)cc1C. The molecule has 5 heteroatoms. The van der Waals surface area contributed by atoms with Gasteiger partial charge in [-0.2, -0.15) is 0 Å². The van der Waals surface area contributed by atoms with E-state index in [0.29, 0.717) is 23.5 Å². The molecule has 108 valence electrons. The van der Waals surface area contributed by atoms with Crippen molar-refractivity contribution in [3.63, 3.8) is 0 Å². The quantitative estimate of drug-likeness (QED) is 0.906. The van der Waals surface area contributed by atoms with Gasteiger partial charge in [0, 0.05) is 12.0 Å². The lowest BCUT2D eigenvalue weighted by atomic mass is 10.2. The van der Waals surface area contributed by atoms with Gasteiger partial charge in [0.15, 0.2) is 0 Å². The Labute approximate surface area is 123 Å². The lowest BCUT2D eigenvalue weighted by molar-refractivity contribution is -0.115. The molecule has 0 fully saturated rings. The third kappa shape index (κ3) is 3.89. The molecule has 0 aliphatic rings. The lowest BCUT2D eigenvalue weighted by Crippen LogP contribution is -2.14. The van der Waals surface area contributed by atoms with Gasteiger partial charge in [-0.25, -0.2) is 4.98 Å². The summed E-state index contributed by atoms with van der Waals surface area (Å²) in [5.74, 6) is 0.171. The molecule has 2 rings (SSSR count). The molecule has 1 aromatic heterocycles. The van der Waals surface area contributed by atoms with Crippen LogP contribution in [0.4, 0.5) is 11.5 Å². The molecule has 0 saturated carbocycles. The smallest absolute Gasteiger partial charge is 0.256 e. The van der Waals surface area contributed by atoms with Crippen molar-refractivity contribution in [2.24, 2.45) is 0 Å². The molecule has 2 aromatic rings. The van der Waals surface area contributed by atoms with Gasteiger partial charge >= 0.3 is 0 Å². The molecule has 5 nitrogen and oxygen atoms in total. The van der Waals surface area contributed by atoms with E-state index in [-0.39, 0.29) is 11.8 Å². The number of benzene rings is 1. The van der Waals surface area contributed by atoms with Crippen molar-refractivity contribution in [1.29, 1.82) is 0 Å². The summed E-state index contributed by atoms with van der Waals surface area (Å²) in [5, 5.41) is 5.49. The van der Waals surface area contributed by atoms with Crippen molar-refractivity contribution in [3.05, 3.63) is 53.7 Å². The van der Waals surface area contributed by atoms with Gasteiger partial charge in [-0.15, -0.1) is 0 Å². The Kier molecular flexibility index (Phi) is 4.66. The van der Waals surface area contributed by atoms with Crippen LogP contribution in [-0.4, -0.2) is 16.8 Å². The summed E-state index contributed by atoms with van der Waals surface area (Å²) in [6, 6.07) is 10.7. The van der Waals surface area contributed by atoms with Gasteiger partial charge in [0.1, 0.15) is 5.82 Å². The molecule has 21 heavy (non-hydrogen) atoms. The molecule has 0 unspecified atom stereocenters. The number of hydrogen-bond acceptors (Lipinski definition) is 3. The largest absolute Gasteiger partial charge is 0.325 e. The van der Waals surface area contributed by atoms with Crippen molar-refractivity contribution < 1.29 is 9.59 Å². The normalized spacial score (nSPS) is 10.0. The van der Waals surface area contributed by atoms with Crippen LogP contribution in [0.5, 0.6) is 0 Å². The van der Waals surface area contributed by atoms with E-state index in [1.54, 1.807) is 43.5 Å². The van der Waals surface area contributed by atoms with E-state index in [2.05, 4.69) is 15.6 Å². The highest BCUT2D eigenvalue weighted by molar-refractivity contribution is 6.03. The van der Waals surface area contributed by atoms with Crippen molar-refractivity contribution >= 4 is 23.3 Å². The van der Waals surface area contributed by atoms with Gasteiger partial charge in [0.2, 0.25) is 5.91 Å². The monoisotopic (exact) mass is 283 g/mol. The summed E-state index contributed by atoms with van der Waals surface area (Å²) >= 11 is 0. The average molecular weight is 283 g/mol. The van der Waals surface area contributed by atoms with E-state index in [9.17, 15) is 9.59 Å². The van der Waals surface area contributed by atoms with Crippen LogP contribution in [0.1, 0.15) is 29.3 Å². The van der Waals surface area contributed by atoms with Crippen LogP contribution in [0, 0.1) is 6.92 Å². The highest BCUT2D eigenvalue weighted by Crippen LogP contribution is 2.17. The third-order valence-electron chi connectivity index (χ3n) is 2.98. The number of pyridine rings is 1. The molecule has 2 N–H and O–H groups in total. The zero-order valence-corrected chi connectivity index (χ0v) is 12.0. The van der Waals surface area contributed by atoms with Crippen LogP contribution in [0.2, 0.25) is 0 Å². The Hall–Kier alpha value is -2.69. The van der Waals surface area contributed by atoms with E-state index < -0.39 is 0 Å². The topological polar surface area (TPSA) is 71.1 Å². The number of aromatic nitrogens is 1. The molecule has 0 spiro atoms. The van der Waals surface area contributed by atoms with Crippen LogP contribution in [0.3, 0.4) is 0 Å².